The summed E-state index contributed by atoms with van der Waals surface area (Å²) in [6.45, 7) is 0. The lowest BCUT2D eigenvalue weighted by atomic mass is 9.59. The molecule has 0 spiro atoms. The average molecular weight is 625 g/mol. The second-order valence-corrected chi connectivity index (χ2v) is 13.0. The number of fused-ring (bicyclic) bond motifs is 7. The van der Waals surface area contributed by atoms with Crippen LogP contribution in [0.25, 0.3) is 87.6 Å². The van der Waals surface area contributed by atoms with Gasteiger partial charge in [0.2, 0.25) is 0 Å². The monoisotopic (exact) mass is 626 g/mol. The van der Waals surface area contributed by atoms with E-state index < -0.39 is 0 Å². The Hall–Kier alpha value is -5.14. The number of furan rings is 1. The lowest BCUT2D eigenvalue weighted by Crippen LogP contribution is -2.50. The van der Waals surface area contributed by atoms with Crippen LogP contribution in [-0.2, 0) is 0 Å². The molecule has 16 radical (unpaired) electrons. The first-order valence-corrected chi connectivity index (χ1v) is 16.4. The van der Waals surface area contributed by atoms with E-state index in [2.05, 4.69) is 30.3 Å². The summed E-state index contributed by atoms with van der Waals surface area (Å²) < 4.78 is 6.48. The van der Waals surface area contributed by atoms with Gasteiger partial charge < -0.3 is 4.42 Å². The van der Waals surface area contributed by atoms with E-state index in [4.69, 9.17) is 67.2 Å². The van der Waals surface area contributed by atoms with Gasteiger partial charge in [-0.25, -0.2) is 0 Å². The third-order valence-electron chi connectivity index (χ3n) is 10.2. The van der Waals surface area contributed by atoms with Crippen LogP contribution in [0.2, 0.25) is 0 Å². The van der Waals surface area contributed by atoms with E-state index in [0.717, 1.165) is 49.4 Å². The van der Waals surface area contributed by atoms with Crippen molar-refractivity contribution in [2.75, 3.05) is 0 Å². The van der Waals surface area contributed by atoms with Crippen LogP contribution in [0.15, 0.2) is 114 Å². The maximum atomic E-state index is 6.94. The summed E-state index contributed by atoms with van der Waals surface area (Å²) in [5, 5.41) is 6.46. The molecule has 0 N–H and O–H groups in total. The van der Waals surface area contributed by atoms with Gasteiger partial charge in [0.15, 0.2) is 0 Å². The smallest absolute Gasteiger partial charge is 0.136 e. The second-order valence-electron chi connectivity index (χ2n) is 13.0. The molecule has 0 unspecified atom stereocenters. The van der Waals surface area contributed by atoms with Gasteiger partial charge in [0.05, 0.1) is 0 Å². The zero-order valence-electron chi connectivity index (χ0n) is 27.4. The molecule has 9 aromatic rings. The summed E-state index contributed by atoms with van der Waals surface area (Å²) in [7, 11) is 54.0. The van der Waals surface area contributed by atoms with Crippen LogP contribution >= 0.6 is 0 Å². The molecule has 0 amide bonds. The van der Waals surface area contributed by atoms with E-state index in [0.29, 0.717) is 38.3 Å². The van der Waals surface area contributed by atoms with Crippen LogP contribution in [0.1, 0.15) is 0 Å². The summed E-state index contributed by atoms with van der Waals surface area (Å²) >= 11 is 0. The Labute approximate surface area is 306 Å². The molecule has 0 aliphatic rings. The van der Waals surface area contributed by atoms with Gasteiger partial charge in [0, 0.05) is 10.8 Å². The molecular weight excluding hydrogens is 607 g/mol. The number of benzene rings is 8. The molecule has 51 heavy (non-hydrogen) atoms. The maximum absolute atomic E-state index is 6.94. The highest BCUT2D eigenvalue weighted by molar-refractivity contribution is 6.71. The molecule has 8 aromatic carbocycles. The number of hydrogen-bond donors (Lipinski definition) is 0. The first-order chi connectivity index (χ1) is 24.7. The van der Waals surface area contributed by atoms with Crippen LogP contribution in [0.3, 0.4) is 0 Å². The van der Waals surface area contributed by atoms with Crippen molar-refractivity contribution in [2.24, 2.45) is 0 Å². The fourth-order valence-corrected chi connectivity index (χ4v) is 7.69. The first kappa shape index (κ1) is 31.8. The Morgan fingerprint density at radius 2 is 0.784 bits per heavy atom. The maximum Gasteiger partial charge on any atom is 0.136 e. The third kappa shape index (κ3) is 4.60. The molecule has 0 saturated carbocycles. The van der Waals surface area contributed by atoms with E-state index in [-0.39, 0.29) is 43.7 Å². The lowest BCUT2D eigenvalue weighted by molar-refractivity contribution is 0.669. The highest BCUT2D eigenvalue weighted by atomic mass is 16.3. The minimum atomic E-state index is 0.164. The molecule has 0 aliphatic carbocycles. The van der Waals surface area contributed by atoms with Crippen molar-refractivity contribution in [3.63, 3.8) is 0 Å². The van der Waals surface area contributed by atoms with Crippen LogP contribution in [-0.4, -0.2) is 62.8 Å². The Morgan fingerprint density at radius 1 is 0.314 bits per heavy atom. The molecule has 1 heterocycles. The lowest BCUT2D eigenvalue weighted by Gasteiger charge is -2.28. The normalized spacial score (nSPS) is 11.8. The summed E-state index contributed by atoms with van der Waals surface area (Å²) in [6, 6.07) is 36.5. The molecular formula is C42H18B8O. The molecule has 0 fully saturated rings. The van der Waals surface area contributed by atoms with Gasteiger partial charge >= 0.3 is 0 Å². The molecule has 216 valence electrons. The standard InChI is InChI=1S/C42H18B8O/c43-35-31-28(22-12-10-20(11-13-22)19-6-2-1-3-7-19)32-34(38(46)42(50)40(48)36(32)44)29(33(31)37(45)41(49)39(35)47)23-14-16-25-27(18-23)51-26-17-15-21-8-4-5-9-24(21)30(25)26/h1-18H. The summed E-state index contributed by atoms with van der Waals surface area (Å²) in [6.07, 6.45) is 0. The van der Waals surface area contributed by atoms with E-state index in [1.165, 1.54) is 0 Å². The van der Waals surface area contributed by atoms with Crippen molar-refractivity contribution in [2.45, 2.75) is 0 Å². The zero-order valence-corrected chi connectivity index (χ0v) is 27.4. The van der Waals surface area contributed by atoms with E-state index in [1.807, 2.05) is 78.9 Å². The molecule has 0 bridgehead atoms. The minimum absolute atomic E-state index is 0.164. The second kappa shape index (κ2) is 11.7. The Balaban J connectivity index is 1.44. The minimum Gasteiger partial charge on any atom is -0.456 e. The van der Waals surface area contributed by atoms with E-state index >= 15 is 0 Å². The predicted octanol–water partition coefficient (Wildman–Crippen LogP) is 2.40. The van der Waals surface area contributed by atoms with Crippen molar-refractivity contribution in [3.8, 4) is 33.4 Å². The van der Waals surface area contributed by atoms with Crippen molar-refractivity contribution in [3.05, 3.63) is 109 Å². The van der Waals surface area contributed by atoms with Crippen LogP contribution in [0, 0.1) is 0 Å². The van der Waals surface area contributed by atoms with Gasteiger partial charge in [0.25, 0.3) is 0 Å². The third-order valence-corrected chi connectivity index (χ3v) is 10.2. The molecule has 1 nitrogen and oxygen atoms in total. The first-order valence-electron chi connectivity index (χ1n) is 16.4. The highest BCUT2D eigenvalue weighted by Gasteiger charge is 2.25. The molecule has 1 aromatic heterocycles. The predicted molar refractivity (Wildman–Crippen MR) is 226 cm³/mol. The molecule has 0 aliphatic heterocycles. The molecule has 9 heteroatoms. The Morgan fingerprint density at radius 3 is 1.37 bits per heavy atom. The van der Waals surface area contributed by atoms with Gasteiger partial charge in [-0.05, 0) is 83.9 Å². The van der Waals surface area contributed by atoms with Gasteiger partial charge in [0.1, 0.15) is 73.9 Å². The van der Waals surface area contributed by atoms with Crippen molar-refractivity contribution in [1.82, 2.24) is 0 Å². The van der Waals surface area contributed by atoms with Crippen LogP contribution < -0.4 is 43.7 Å². The number of hydrogen-bond acceptors (Lipinski definition) is 1. The van der Waals surface area contributed by atoms with E-state index in [1.54, 1.807) is 0 Å². The van der Waals surface area contributed by atoms with Gasteiger partial charge in [-0.1, -0.05) is 113 Å². The van der Waals surface area contributed by atoms with E-state index in [9.17, 15) is 0 Å². The average Bonchev–Trinajstić information content (AvgIpc) is 3.55. The van der Waals surface area contributed by atoms with Crippen LogP contribution in [0.4, 0.5) is 0 Å². The van der Waals surface area contributed by atoms with Crippen molar-refractivity contribution >= 4 is 161 Å². The van der Waals surface area contributed by atoms with Crippen molar-refractivity contribution < 1.29 is 4.42 Å². The SMILES string of the molecule is [B]c1c([B])c([B])c2c(-c3ccc4c(c3)oc3ccc5ccccc5c34)c3c([B])c([B])c([B])c([B])c3c(-c3ccc(-c4ccccc4)cc3)c2c1[B]. The fourth-order valence-electron chi connectivity index (χ4n) is 7.69. The van der Waals surface area contributed by atoms with Crippen molar-refractivity contribution in [1.29, 1.82) is 0 Å². The van der Waals surface area contributed by atoms with Crippen LogP contribution in [0.5, 0.6) is 0 Å². The largest absolute Gasteiger partial charge is 0.456 e. The Bertz CT molecular complexity index is 2850. The fraction of sp³-hybridized carbons (Fsp3) is 0. The Kier molecular flexibility index (Phi) is 7.30. The zero-order chi connectivity index (χ0) is 35.3. The molecule has 0 saturated heterocycles. The molecule has 0 atom stereocenters. The summed E-state index contributed by atoms with van der Waals surface area (Å²) in [5.41, 5.74) is 8.04. The highest BCUT2D eigenvalue weighted by Crippen LogP contribution is 2.43. The summed E-state index contributed by atoms with van der Waals surface area (Å²) in [5.74, 6) is 0. The van der Waals surface area contributed by atoms with Gasteiger partial charge in [-0.15, -0.1) is 21.9 Å². The van der Waals surface area contributed by atoms with Gasteiger partial charge in [-0.2, -0.15) is 0 Å². The quantitative estimate of drug-likeness (QED) is 0.218. The topological polar surface area (TPSA) is 13.1 Å². The molecule has 9 rings (SSSR count). The number of rotatable bonds is 3. The summed E-state index contributed by atoms with van der Waals surface area (Å²) in [4.78, 5) is 0. The van der Waals surface area contributed by atoms with Gasteiger partial charge in [-0.3, -0.25) is 0 Å².